The Bertz CT molecular complexity index is 681. The topological polar surface area (TPSA) is 88.1 Å². The maximum atomic E-state index is 12.7. The van der Waals surface area contributed by atoms with E-state index in [0.717, 1.165) is 5.76 Å². The highest BCUT2D eigenvalue weighted by Gasteiger charge is 2.31. The maximum Gasteiger partial charge on any atom is 0.318 e. The van der Waals surface area contributed by atoms with Crippen LogP contribution < -0.4 is 5.32 Å². The van der Waals surface area contributed by atoms with E-state index in [9.17, 15) is 9.90 Å². The quantitative estimate of drug-likeness (QED) is 0.867. The molecule has 3 unspecified atom stereocenters. The number of amides is 2. The molecule has 2 N–H and O–H groups in total. The lowest BCUT2D eigenvalue weighted by Crippen LogP contribution is -2.53. The first-order valence-electron chi connectivity index (χ1n) is 8.47. The van der Waals surface area contributed by atoms with Gasteiger partial charge in [-0.3, -0.25) is 0 Å². The molecule has 2 amide bonds. The second-order valence-electron chi connectivity index (χ2n) is 6.31. The molecule has 1 aliphatic rings. The van der Waals surface area contributed by atoms with Crippen LogP contribution in [-0.2, 0) is 4.74 Å². The average molecular weight is 348 g/mol. The molecule has 0 radical (unpaired) electrons. The SMILES string of the molecule is Cc1ccc(C(C)NC(=O)N2CCOCC2CC(O)c2ccco2)o1. The molecule has 7 nitrogen and oxygen atoms in total. The second-order valence-corrected chi connectivity index (χ2v) is 6.31. The minimum Gasteiger partial charge on any atom is -0.467 e. The van der Waals surface area contributed by atoms with Crippen LogP contribution in [0.1, 0.15) is 42.8 Å². The van der Waals surface area contributed by atoms with Gasteiger partial charge in [0.25, 0.3) is 0 Å². The first kappa shape index (κ1) is 17.6. The molecule has 0 aliphatic carbocycles. The normalized spacial score (nSPS) is 20.3. The Hall–Kier alpha value is -2.25. The van der Waals surface area contributed by atoms with Crippen LogP contribution in [0.5, 0.6) is 0 Å². The number of nitrogens with zero attached hydrogens (tertiary/aromatic N) is 1. The summed E-state index contributed by atoms with van der Waals surface area (Å²) in [4.78, 5) is 14.4. The third kappa shape index (κ3) is 4.24. The molecule has 136 valence electrons. The molecular weight excluding hydrogens is 324 g/mol. The third-order valence-corrected chi connectivity index (χ3v) is 4.38. The summed E-state index contributed by atoms with van der Waals surface area (Å²) in [5, 5.41) is 13.3. The summed E-state index contributed by atoms with van der Waals surface area (Å²) in [5.74, 6) is 2.01. The van der Waals surface area contributed by atoms with Crippen molar-refractivity contribution >= 4 is 6.03 Å². The van der Waals surface area contributed by atoms with E-state index in [1.165, 1.54) is 6.26 Å². The maximum absolute atomic E-state index is 12.7. The largest absolute Gasteiger partial charge is 0.467 e. The van der Waals surface area contributed by atoms with Crippen molar-refractivity contribution in [3.63, 3.8) is 0 Å². The number of furan rings is 2. The van der Waals surface area contributed by atoms with Crippen molar-refractivity contribution in [3.05, 3.63) is 47.8 Å². The van der Waals surface area contributed by atoms with Gasteiger partial charge in [0.1, 0.15) is 23.4 Å². The van der Waals surface area contributed by atoms with E-state index in [2.05, 4.69) is 5.32 Å². The van der Waals surface area contributed by atoms with Gasteiger partial charge in [0, 0.05) is 13.0 Å². The van der Waals surface area contributed by atoms with Gasteiger partial charge in [0.05, 0.1) is 31.6 Å². The van der Waals surface area contributed by atoms with Gasteiger partial charge in [-0.05, 0) is 38.1 Å². The summed E-state index contributed by atoms with van der Waals surface area (Å²) in [6.45, 7) is 5.09. The number of nitrogens with one attached hydrogen (secondary N) is 1. The number of aliphatic hydroxyl groups is 1. The summed E-state index contributed by atoms with van der Waals surface area (Å²) in [5.41, 5.74) is 0. The molecule has 3 atom stereocenters. The van der Waals surface area contributed by atoms with E-state index in [1.54, 1.807) is 17.0 Å². The van der Waals surface area contributed by atoms with Crippen LogP contribution in [0.25, 0.3) is 0 Å². The van der Waals surface area contributed by atoms with Crippen molar-refractivity contribution in [2.24, 2.45) is 0 Å². The summed E-state index contributed by atoms with van der Waals surface area (Å²) in [6, 6.07) is 6.53. The first-order valence-corrected chi connectivity index (χ1v) is 8.47. The molecule has 1 saturated heterocycles. The molecular formula is C18H24N2O5. The van der Waals surface area contributed by atoms with Gasteiger partial charge >= 0.3 is 6.03 Å². The summed E-state index contributed by atoms with van der Waals surface area (Å²) >= 11 is 0. The Morgan fingerprint density at radius 2 is 2.24 bits per heavy atom. The van der Waals surface area contributed by atoms with Crippen LogP contribution >= 0.6 is 0 Å². The lowest BCUT2D eigenvalue weighted by molar-refractivity contribution is -0.0102. The Morgan fingerprint density at radius 3 is 2.92 bits per heavy atom. The van der Waals surface area contributed by atoms with Crippen LogP contribution in [0.2, 0.25) is 0 Å². The molecule has 7 heteroatoms. The molecule has 1 aliphatic heterocycles. The predicted molar refractivity (Wildman–Crippen MR) is 90.0 cm³/mol. The predicted octanol–water partition coefficient (Wildman–Crippen LogP) is 2.78. The highest BCUT2D eigenvalue weighted by atomic mass is 16.5. The number of aryl methyl sites for hydroxylation is 1. The molecule has 0 spiro atoms. The van der Waals surface area contributed by atoms with Crippen molar-refractivity contribution in [2.75, 3.05) is 19.8 Å². The van der Waals surface area contributed by atoms with Gasteiger partial charge in [-0.25, -0.2) is 4.79 Å². The van der Waals surface area contributed by atoms with Gasteiger partial charge in [0.2, 0.25) is 0 Å². The zero-order valence-electron chi connectivity index (χ0n) is 14.5. The molecule has 2 aromatic heterocycles. The van der Waals surface area contributed by atoms with Crippen LogP contribution in [0.15, 0.2) is 39.4 Å². The van der Waals surface area contributed by atoms with Gasteiger partial charge in [0.15, 0.2) is 0 Å². The number of hydrogen-bond acceptors (Lipinski definition) is 5. The summed E-state index contributed by atoms with van der Waals surface area (Å²) in [6.07, 6.45) is 1.10. The van der Waals surface area contributed by atoms with Crippen LogP contribution in [0.4, 0.5) is 4.79 Å². The monoisotopic (exact) mass is 348 g/mol. The number of rotatable bonds is 5. The Labute approximate surface area is 146 Å². The standard InChI is InChI=1S/C18H24N2O5/c1-12-5-6-16(25-12)13(2)19-18(22)20-7-9-23-11-14(20)10-15(21)17-4-3-8-24-17/h3-6,8,13-15,21H,7,9-11H2,1-2H3,(H,19,22). The van der Waals surface area contributed by atoms with E-state index in [4.69, 9.17) is 13.6 Å². The Kier molecular flexibility index (Phi) is 5.45. The smallest absolute Gasteiger partial charge is 0.318 e. The molecule has 3 heterocycles. The molecule has 0 bridgehead atoms. The summed E-state index contributed by atoms with van der Waals surface area (Å²) in [7, 11) is 0. The fraction of sp³-hybridized carbons (Fsp3) is 0.500. The molecule has 3 rings (SSSR count). The first-order chi connectivity index (χ1) is 12.0. The van der Waals surface area contributed by atoms with Gasteiger partial charge < -0.3 is 28.9 Å². The fourth-order valence-corrected chi connectivity index (χ4v) is 3.00. The molecule has 0 aromatic carbocycles. The highest BCUT2D eigenvalue weighted by molar-refractivity contribution is 5.75. The van der Waals surface area contributed by atoms with Crippen LogP contribution in [0, 0.1) is 6.92 Å². The number of morpholine rings is 1. The number of carbonyl (C=O) groups excluding carboxylic acids is 1. The number of carbonyl (C=O) groups is 1. The molecule has 25 heavy (non-hydrogen) atoms. The molecule has 0 saturated carbocycles. The van der Waals surface area contributed by atoms with Crippen molar-refractivity contribution in [2.45, 2.75) is 38.5 Å². The van der Waals surface area contributed by atoms with Crippen LogP contribution in [-0.4, -0.2) is 41.8 Å². The minimum atomic E-state index is -0.776. The van der Waals surface area contributed by atoms with E-state index in [0.29, 0.717) is 37.7 Å². The van der Waals surface area contributed by atoms with Crippen molar-refractivity contribution in [1.82, 2.24) is 10.2 Å². The van der Waals surface area contributed by atoms with Gasteiger partial charge in [-0.15, -0.1) is 0 Å². The number of aliphatic hydroxyl groups excluding tert-OH is 1. The van der Waals surface area contributed by atoms with Crippen molar-refractivity contribution < 1.29 is 23.5 Å². The zero-order valence-corrected chi connectivity index (χ0v) is 14.5. The third-order valence-electron chi connectivity index (χ3n) is 4.38. The summed E-state index contributed by atoms with van der Waals surface area (Å²) < 4.78 is 16.3. The second kappa shape index (κ2) is 7.76. The lowest BCUT2D eigenvalue weighted by atomic mass is 10.1. The van der Waals surface area contributed by atoms with E-state index in [1.807, 2.05) is 26.0 Å². The average Bonchev–Trinajstić information content (AvgIpc) is 3.26. The van der Waals surface area contributed by atoms with E-state index >= 15 is 0 Å². The van der Waals surface area contributed by atoms with Gasteiger partial charge in [-0.2, -0.15) is 0 Å². The number of urea groups is 1. The lowest BCUT2D eigenvalue weighted by Gasteiger charge is -2.36. The van der Waals surface area contributed by atoms with E-state index < -0.39 is 6.10 Å². The van der Waals surface area contributed by atoms with Crippen molar-refractivity contribution in [3.8, 4) is 0 Å². The highest BCUT2D eigenvalue weighted by Crippen LogP contribution is 2.24. The zero-order chi connectivity index (χ0) is 17.8. The van der Waals surface area contributed by atoms with Crippen molar-refractivity contribution in [1.29, 1.82) is 0 Å². The Morgan fingerprint density at radius 1 is 1.40 bits per heavy atom. The Balaban J connectivity index is 1.62. The van der Waals surface area contributed by atoms with Crippen LogP contribution in [0.3, 0.4) is 0 Å². The van der Waals surface area contributed by atoms with E-state index in [-0.39, 0.29) is 18.1 Å². The fourth-order valence-electron chi connectivity index (χ4n) is 3.00. The molecule has 1 fully saturated rings. The molecule has 2 aromatic rings. The number of hydrogen-bond donors (Lipinski definition) is 2. The number of ether oxygens (including phenoxy) is 1. The van der Waals surface area contributed by atoms with Gasteiger partial charge in [-0.1, -0.05) is 0 Å². The minimum absolute atomic E-state index is 0.193.